The first-order valence-electron chi connectivity index (χ1n) is 7.82. The SMILES string of the molecule is CC(C)(C)OC(=O)N(CC1CCC(F)(F)CC1)c1ncccn1. The molecule has 1 aliphatic rings. The molecule has 1 aromatic rings. The molecule has 0 N–H and O–H groups in total. The summed E-state index contributed by atoms with van der Waals surface area (Å²) in [7, 11) is 0. The van der Waals surface area contributed by atoms with Gasteiger partial charge >= 0.3 is 6.09 Å². The first-order valence-corrected chi connectivity index (χ1v) is 7.82. The largest absolute Gasteiger partial charge is 0.443 e. The van der Waals surface area contributed by atoms with Gasteiger partial charge in [-0.1, -0.05) is 0 Å². The smallest absolute Gasteiger partial charge is 0.417 e. The van der Waals surface area contributed by atoms with Crippen molar-refractivity contribution >= 4 is 12.0 Å². The highest BCUT2D eigenvalue weighted by atomic mass is 19.3. The summed E-state index contributed by atoms with van der Waals surface area (Å²) in [5.41, 5.74) is -0.649. The van der Waals surface area contributed by atoms with E-state index in [2.05, 4.69) is 9.97 Å². The fourth-order valence-corrected chi connectivity index (χ4v) is 2.53. The number of amides is 1. The monoisotopic (exact) mass is 327 g/mol. The minimum atomic E-state index is -2.59. The van der Waals surface area contributed by atoms with Crippen LogP contribution < -0.4 is 4.90 Å². The van der Waals surface area contributed by atoms with Crippen molar-refractivity contribution in [2.24, 2.45) is 5.92 Å². The van der Waals surface area contributed by atoms with Gasteiger partial charge in [0.05, 0.1) is 0 Å². The number of carbonyl (C=O) groups excluding carboxylic acids is 1. The van der Waals surface area contributed by atoms with Gasteiger partial charge in [-0.3, -0.25) is 0 Å². The number of hydrogen-bond donors (Lipinski definition) is 0. The zero-order valence-corrected chi connectivity index (χ0v) is 13.8. The molecule has 0 bridgehead atoms. The van der Waals surface area contributed by atoms with Gasteiger partial charge in [-0.05, 0) is 45.6 Å². The van der Waals surface area contributed by atoms with Crippen LogP contribution in [0.3, 0.4) is 0 Å². The van der Waals surface area contributed by atoms with Crippen LogP contribution in [0.25, 0.3) is 0 Å². The lowest BCUT2D eigenvalue weighted by Gasteiger charge is -2.32. The van der Waals surface area contributed by atoms with Crippen molar-refractivity contribution < 1.29 is 18.3 Å². The standard InChI is InChI=1S/C16H23F2N3O2/c1-15(2,3)23-14(22)21(13-19-9-4-10-20-13)11-12-5-7-16(17,18)8-6-12/h4,9-10,12H,5-8,11H2,1-3H3. The van der Waals surface area contributed by atoms with E-state index in [1.54, 1.807) is 26.8 Å². The van der Waals surface area contributed by atoms with E-state index < -0.39 is 17.6 Å². The lowest BCUT2D eigenvalue weighted by atomic mass is 9.86. The molecule has 1 saturated carbocycles. The summed E-state index contributed by atoms with van der Waals surface area (Å²) in [6.07, 6.45) is 2.98. The fourth-order valence-electron chi connectivity index (χ4n) is 2.53. The number of ether oxygens (including phenoxy) is 1. The second-order valence-corrected chi connectivity index (χ2v) is 6.94. The van der Waals surface area contributed by atoms with Crippen LogP contribution in [0.15, 0.2) is 18.5 Å². The quantitative estimate of drug-likeness (QED) is 0.840. The molecule has 0 aromatic carbocycles. The molecule has 0 aliphatic heterocycles. The molecule has 0 unspecified atom stereocenters. The molecule has 0 radical (unpaired) electrons. The highest BCUT2D eigenvalue weighted by Gasteiger charge is 2.37. The molecular formula is C16H23F2N3O2. The van der Waals surface area contributed by atoms with Crippen molar-refractivity contribution in [2.75, 3.05) is 11.4 Å². The van der Waals surface area contributed by atoms with Gasteiger partial charge in [-0.25, -0.2) is 28.4 Å². The minimum Gasteiger partial charge on any atom is -0.443 e. The van der Waals surface area contributed by atoms with E-state index in [0.717, 1.165) is 0 Å². The maximum atomic E-state index is 13.3. The lowest BCUT2D eigenvalue weighted by molar-refractivity contribution is -0.0449. The third-order valence-electron chi connectivity index (χ3n) is 3.68. The van der Waals surface area contributed by atoms with Crippen LogP contribution >= 0.6 is 0 Å². The molecule has 23 heavy (non-hydrogen) atoms. The zero-order chi connectivity index (χ0) is 17.1. The number of rotatable bonds is 3. The summed E-state index contributed by atoms with van der Waals surface area (Å²) in [5, 5.41) is 0. The van der Waals surface area contributed by atoms with Gasteiger partial charge in [0, 0.05) is 31.8 Å². The van der Waals surface area contributed by atoms with Gasteiger partial charge in [-0.15, -0.1) is 0 Å². The summed E-state index contributed by atoms with van der Waals surface area (Å²) < 4.78 is 32.0. The normalized spacial score (nSPS) is 18.5. The number of alkyl halides is 2. The van der Waals surface area contributed by atoms with E-state index in [1.807, 2.05) is 0 Å². The Bertz CT molecular complexity index is 522. The first-order chi connectivity index (χ1) is 10.7. The van der Waals surface area contributed by atoms with E-state index in [4.69, 9.17) is 4.74 Å². The maximum absolute atomic E-state index is 13.3. The average Bonchev–Trinajstić information content (AvgIpc) is 2.45. The molecule has 1 heterocycles. The van der Waals surface area contributed by atoms with Crippen molar-refractivity contribution in [3.8, 4) is 0 Å². The first kappa shape index (κ1) is 17.6. The summed E-state index contributed by atoms with van der Waals surface area (Å²) in [5.74, 6) is -2.36. The fraction of sp³-hybridized carbons (Fsp3) is 0.688. The van der Waals surface area contributed by atoms with E-state index in [0.29, 0.717) is 12.8 Å². The predicted molar refractivity (Wildman–Crippen MR) is 82.5 cm³/mol. The maximum Gasteiger partial charge on any atom is 0.417 e. The van der Waals surface area contributed by atoms with Gasteiger partial charge in [0.25, 0.3) is 0 Å². The van der Waals surface area contributed by atoms with Crippen LogP contribution in [-0.2, 0) is 4.74 Å². The van der Waals surface area contributed by atoms with Gasteiger partial charge in [0.1, 0.15) is 5.60 Å². The Balaban J connectivity index is 2.10. The van der Waals surface area contributed by atoms with E-state index in [9.17, 15) is 13.6 Å². The van der Waals surface area contributed by atoms with Gasteiger partial charge < -0.3 is 4.74 Å². The number of halogens is 2. The number of aromatic nitrogens is 2. The summed E-state index contributed by atoms with van der Waals surface area (Å²) in [6.45, 7) is 5.61. The molecule has 0 saturated heterocycles. The Hall–Kier alpha value is -1.79. The second kappa shape index (κ2) is 6.76. The molecule has 128 valence electrons. The third kappa shape index (κ3) is 5.41. The summed E-state index contributed by atoms with van der Waals surface area (Å²) in [6, 6.07) is 1.65. The molecule has 0 atom stereocenters. The van der Waals surface area contributed by atoms with Crippen molar-refractivity contribution in [3.05, 3.63) is 18.5 Å². The Morgan fingerprint density at radius 3 is 2.39 bits per heavy atom. The highest BCUT2D eigenvalue weighted by molar-refractivity contribution is 5.85. The number of anilines is 1. The molecule has 5 nitrogen and oxygen atoms in total. The van der Waals surface area contributed by atoms with E-state index in [1.165, 1.54) is 17.3 Å². The van der Waals surface area contributed by atoms with E-state index in [-0.39, 0.29) is 31.3 Å². The lowest BCUT2D eigenvalue weighted by Crippen LogP contribution is -2.42. The molecular weight excluding hydrogens is 304 g/mol. The van der Waals surface area contributed by atoms with Crippen LogP contribution in [0.2, 0.25) is 0 Å². The van der Waals surface area contributed by atoms with Gasteiger partial charge in [-0.2, -0.15) is 0 Å². The Labute approximate surface area is 135 Å². The van der Waals surface area contributed by atoms with Crippen LogP contribution in [0.1, 0.15) is 46.5 Å². The average molecular weight is 327 g/mol. The number of carbonyl (C=O) groups is 1. The van der Waals surface area contributed by atoms with Gasteiger partial charge in [0.2, 0.25) is 11.9 Å². The van der Waals surface area contributed by atoms with Gasteiger partial charge in [0.15, 0.2) is 0 Å². The number of nitrogens with zero attached hydrogens (tertiary/aromatic N) is 3. The third-order valence-corrected chi connectivity index (χ3v) is 3.68. The molecule has 1 aromatic heterocycles. The van der Waals surface area contributed by atoms with Crippen molar-refractivity contribution in [1.29, 1.82) is 0 Å². The Kier molecular flexibility index (Phi) is 5.16. The van der Waals surface area contributed by atoms with E-state index >= 15 is 0 Å². The van der Waals surface area contributed by atoms with Crippen molar-refractivity contribution in [1.82, 2.24) is 9.97 Å². The predicted octanol–water partition coefficient (Wildman–Crippen LogP) is 4.04. The Morgan fingerprint density at radius 1 is 1.30 bits per heavy atom. The van der Waals surface area contributed by atoms with Crippen molar-refractivity contribution in [3.63, 3.8) is 0 Å². The Morgan fingerprint density at radius 2 is 1.87 bits per heavy atom. The molecule has 1 aliphatic carbocycles. The highest BCUT2D eigenvalue weighted by Crippen LogP contribution is 2.36. The molecule has 0 spiro atoms. The summed E-state index contributed by atoms with van der Waals surface area (Å²) in [4.78, 5) is 22.0. The molecule has 1 fully saturated rings. The zero-order valence-electron chi connectivity index (χ0n) is 13.8. The van der Waals surface area contributed by atoms with Crippen LogP contribution in [0.5, 0.6) is 0 Å². The molecule has 1 amide bonds. The second-order valence-electron chi connectivity index (χ2n) is 6.94. The molecule has 2 rings (SSSR count). The topological polar surface area (TPSA) is 55.3 Å². The van der Waals surface area contributed by atoms with Crippen LogP contribution in [-0.4, -0.2) is 34.1 Å². The van der Waals surface area contributed by atoms with Crippen molar-refractivity contribution in [2.45, 2.75) is 58.0 Å². The van der Waals surface area contributed by atoms with Crippen LogP contribution in [0, 0.1) is 5.92 Å². The summed E-state index contributed by atoms with van der Waals surface area (Å²) >= 11 is 0. The minimum absolute atomic E-state index is 0.00838. The van der Waals surface area contributed by atoms with Crippen LogP contribution in [0.4, 0.5) is 19.5 Å². The molecule has 7 heteroatoms. The number of hydrogen-bond acceptors (Lipinski definition) is 4.